The van der Waals surface area contributed by atoms with E-state index in [1.54, 1.807) is 0 Å². The summed E-state index contributed by atoms with van der Waals surface area (Å²) in [7, 11) is 1.96. The van der Waals surface area contributed by atoms with E-state index in [0.29, 0.717) is 5.88 Å². The number of alkyl halides is 1. The first-order chi connectivity index (χ1) is 10.2. The predicted octanol–water partition coefficient (Wildman–Crippen LogP) is 3.92. The monoisotopic (exact) mass is 299 g/mol. The van der Waals surface area contributed by atoms with Gasteiger partial charge in [0.1, 0.15) is 12.5 Å². The predicted molar refractivity (Wildman–Crippen MR) is 89.9 cm³/mol. The first-order valence-electron chi connectivity index (χ1n) is 6.97. The summed E-state index contributed by atoms with van der Waals surface area (Å²) in [5, 5.41) is 6.38. The minimum atomic E-state index is 0.409. The van der Waals surface area contributed by atoms with Gasteiger partial charge in [0.25, 0.3) is 0 Å². The molecule has 0 aromatic heterocycles. The van der Waals surface area contributed by atoms with E-state index in [9.17, 15) is 0 Å². The number of benzene rings is 2. The molecule has 3 rings (SSSR count). The third-order valence-corrected chi connectivity index (χ3v) is 3.83. The lowest BCUT2D eigenvalue weighted by Crippen LogP contribution is -2.31. The van der Waals surface area contributed by atoms with Crippen LogP contribution in [0.15, 0.2) is 53.6 Å². The molecule has 0 spiro atoms. The molecule has 2 aromatic rings. The zero-order valence-electron chi connectivity index (χ0n) is 12.3. The van der Waals surface area contributed by atoms with Gasteiger partial charge in [-0.05, 0) is 24.6 Å². The summed E-state index contributed by atoms with van der Waals surface area (Å²) in [4.78, 5) is 2.18. The molecule has 21 heavy (non-hydrogen) atoms. The third-order valence-electron chi connectivity index (χ3n) is 3.59. The average molecular weight is 300 g/mol. The highest BCUT2D eigenvalue weighted by Crippen LogP contribution is 2.33. The van der Waals surface area contributed by atoms with Crippen LogP contribution in [-0.2, 0) is 0 Å². The fourth-order valence-corrected chi connectivity index (χ4v) is 2.81. The van der Waals surface area contributed by atoms with Crippen molar-refractivity contribution in [2.45, 2.75) is 6.92 Å². The first-order valence-corrected chi connectivity index (χ1v) is 7.50. The van der Waals surface area contributed by atoms with Gasteiger partial charge in [0.05, 0.1) is 11.6 Å². The molecule has 1 aliphatic rings. The molecule has 0 unspecified atom stereocenters. The number of amidine groups is 1. The summed E-state index contributed by atoms with van der Waals surface area (Å²) in [6.07, 6.45) is 0. The van der Waals surface area contributed by atoms with Crippen LogP contribution in [0.3, 0.4) is 0 Å². The molecule has 1 heterocycles. The number of hydrazone groups is 1. The Morgan fingerprint density at radius 1 is 1.14 bits per heavy atom. The molecule has 2 aromatic carbocycles. The molecule has 3 nitrogen and oxygen atoms in total. The highest BCUT2D eigenvalue weighted by molar-refractivity contribution is 6.31. The highest BCUT2D eigenvalue weighted by atomic mass is 35.5. The smallest absolute Gasteiger partial charge is 0.146 e. The Kier molecular flexibility index (Phi) is 3.84. The summed E-state index contributed by atoms with van der Waals surface area (Å²) >= 11 is 6.05. The van der Waals surface area contributed by atoms with Crippen molar-refractivity contribution in [1.29, 1.82) is 0 Å². The molecule has 0 saturated carbocycles. The second-order valence-electron chi connectivity index (χ2n) is 5.26. The Morgan fingerprint density at radius 2 is 1.90 bits per heavy atom. The Morgan fingerprint density at radius 3 is 2.62 bits per heavy atom. The van der Waals surface area contributed by atoms with Crippen LogP contribution in [0.25, 0.3) is 11.1 Å². The van der Waals surface area contributed by atoms with Crippen LogP contribution in [0, 0.1) is 6.92 Å². The van der Waals surface area contributed by atoms with Gasteiger partial charge < -0.3 is 4.90 Å². The van der Waals surface area contributed by atoms with Crippen molar-refractivity contribution < 1.29 is 0 Å². The minimum absolute atomic E-state index is 0.409. The molecule has 0 atom stereocenters. The molecular formula is C17H18ClN3. The molecule has 4 heteroatoms. The van der Waals surface area contributed by atoms with Gasteiger partial charge in [-0.15, -0.1) is 11.6 Å². The number of hydrogen-bond acceptors (Lipinski definition) is 3. The molecule has 108 valence electrons. The van der Waals surface area contributed by atoms with Gasteiger partial charge in [-0.25, -0.2) is 0 Å². The molecule has 0 amide bonds. The molecule has 0 bridgehead atoms. The fraction of sp³-hybridized carbons (Fsp3) is 0.235. The van der Waals surface area contributed by atoms with Gasteiger partial charge in [-0.3, -0.25) is 5.01 Å². The van der Waals surface area contributed by atoms with Gasteiger partial charge in [-0.2, -0.15) is 5.10 Å². The fourth-order valence-electron chi connectivity index (χ4n) is 2.62. The summed E-state index contributed by atoms with van der Waals surface area (Å²) in [5.41, 5.74) is 4.81. The van der Waals surface area contributed by atoms with E-state index in [-0.39, 0.29) is 0 Å². The van der Waals surface area contributed by atoms with Crippen molar-refractivity contribution >= 4 is 23.1 Å². The Labute approximate surface area is 130 Å². The summed E-state index contributed by atoms with van der Waals surface area (Å²) in [5.74, 6) is 1.30. The van der Waals surface area contributed by atoms with Crippen molar-refractivity contribution in [3.8, 4) is 11.1 Å². The maximum atomic E-state index is 6.05. The maximum absolute atomic E-state index is 6.05. The van der Waals surface area contributed by atoms with Crippen molar-refractivity contribution in [1.82, 2.24) is 5.01 Å². The van der Waals surface area contributed by atoms with Crippen LogP contribution in [0.1, 0.15) is 5.56 Å². The van der Waals surface area contributed by atoms with Crippen LogP contribution < -0.4 is 4.90 Å². The first kappa shape index (κ1) is 14.0. The van der Waals surface area contributed by atoms with Crippen LogP contribution in [0.2, 0.25) is 0 Å². The largest absolute Gasteiger partial charge is 0.307 e. The van der Waals surface area contributed by atoms with Gasteiger partial charge in [-0.1, -0.05) is 42.0 Å². The van der Waals surface area contributed by atoms with Crippen LogP contribution >= 0.6 is 11.6 Å². The SMILES string of the molecule is Cc1ccc(N2CN(C)N=C2CCl)c(-c2ccccc2)c1. The van der Waals surface area contributed by atoms with Crippen molar-refractivity contribution in [2.75, 3.05) is 24.5 Å². The van der Waals surface area contributed by atoms with Crippen LogP contribution in [-0.4, -0.2) is 30.4 Å². The average Bonchev–Trinajstić information content (AvgIpc) is 2.89. The number of halogens is 1. The minimum Gasteiger partial charge on any atom is -0.307 e. The number of nitrogens with zero attached hydrogens (tertiary/aromatic N) is 3. The quantitative estimate of drug-likeness (QED) is 0.800. The zero-order chi connectivity index (χ0) is 14.8. The highest BCUT2D eigenvalue weighted by Gasteiger charge is 2.23. The van der Waals surface area contributed by atoms with Gasteiger partial charge >= 0.3 is 0 Å². The van der Waals surface area contributed by atoms with Crippen LogP contribution in [0.4, 0.5) is 5.69 Å². The van der Waals surface area contributed by atoms with E-state index in [0.717, 1.165) is 18.2 Å². The standard InChI is InChI=1S/C17H18ClN3/c1-13-8-9-16(21-12-20(2)19-17(21)11-18)15(10-13)14-6-4-3-5-7-14/h3-10H,11-12H2,1-2H3. The van der Waals surface area contributed by atoms with Crippen molar-refractivity contribution in [3.05, 3.63) is 54.1 Å². The molecule has 0 aliphatic carbocycles. The zero-order valence-corrected chi connectivity index (χ0v) is 13.0. The van der Waals surface area contributed by atoms with E-state index in [1.165, 1.54) is 16.7 Å². The second-order valence-corrected chi connectivity index (χ2v) is 5.53. The molecule has 0 fully saturated rings. The topological polar surface area (TPSA) is 18.8 Å². The molecule has 0 saturated heterocycles. The van der Waals surface area contributed by atoms with Crippen molar-refractivity contribution in [3.63, 3.8) is 0 Å². The number of rotatable bonds is 3. The Balaban J connectivity index is 2.10. The Hall–Kier alpha value is -2.00. The Bertz CT molecular complexity index is 667. The molecular weight excluding hydrogens is 282 g/mol. The van der Waals surface area contributed by atoms with Gasteiger partial charge in [0, 0.05) is 12.6 Å². The number of aryl methyl sites for hydroxylation is 1. The lowest BCUT2D eigenvalue weighted by Gasteiger charge is -2.23. The molecule has 0 radical (unpaired) electrons. The number of hydrogen-bond donors (Lipinski definition) is 0. The third kappa shape index (κ3) is 2.74. The lowest BCUT2D eigenvalue weighted by atomic mass is 10.0. The second kappa shape index (κ2) is 5.78. The van der Waals surface area contributed by atoms with Crippen LogP contribution in [0.5, 0.6) is 0 Å². The van der Waals surface area contributed by atoms with Gasteiger partial charge in [0.2, 0.25) is 0 Å². The summed E-state index contributed by atoms with van der Waals surface area (Å²) in [6, 6.07) is 16.9. The van der Waals surface area contributed by atoms with Gasteiger partial charge in [0.15, 0.2) is 0 Å². The molecule has 0 N–H and O–H groups in total. The maximum Gasteiger partial charge on any atom is 0.146 e. The molecule has 1 aliphatic heterocycles. The summed E-state index contributed by atoms with van der Waals surface area (Å²) < 4.78 is 0. The normalized spacial score (nSPS) is 14.5. The van der Waals surface area contributed by atoms with E-state index >= 15 is 0 Å². The van der Waals surface area contributed by atoms with E-state index in [4.69, 9.17) is 11.6 Å². The van der Waals surface area contributed by atoms with E-state index < -0.39 is 0 Å². The van der Waals surface area contributed by atoms with E-state index in [2.05, 4.69) is 59.4 Å². The lowest BCUT2D eigenvalue weighted by molar-refractivity contribution is 0.393. The summed E-state index contributed by atoms with van der Waals surface area (Å²) in [6.45, 7) is 2.84. The number of anilines is 1. The van der Waals surface area contributed by atoms with E-state index in [1.807, 2.05) is 18.1 Å². The van der Waals surface area contributed by atoms with Crippen molar-refractivity contribution in [2.24, 2.45) is 5.10 Å².